The maximum atomic E-state index is 12.4. The summed E-state index contributed by atoms with van der Waals surface area (Å²) in [5.74, 6) is -0.262. The Morgan fingerprint density at radius 3 is 2.63 bits per heavy atom. The highest BCUT2D eigenvalue weighted by Crippen LogP contribution is 2.23. The lowest BCUT2D eigenvalue weighted by molar-refractivity contribution is -0.116. The fraction of sp³-hybridized carbons (Fsp3) is 0.429. The summed E-state index contributed by atoms with van der Waals surface area (Å²) in [5, 5.41) is 9.50. The molecule has 5 heteroatoms. The SMILES string of the molecule is CC(=O)N(C)c1ccccc1C(=O)N1CC[C@@H](O)C1. The van der Waals surface area contributed by atoms with E-state index < -0.39 is 6.10 Å². The van der Waals surface area contributed by atoms with Gasteiger partial charge in [-0.15, -0.1) is 0 Å². The van der Waals surface area contributed by atoms with Gasteiger partial charge in [0.05, 0.1) is 17.4 Å². The first-order valence-corrected chi connectivity index (χ1v) is 6.31. The van der Waals surface area contributed by atoms with Crippen molar-refractivity contribution in [3.05, 3.63) is 29.8 Å². The van der Waals surface area contributed by atoms with E-state index in [1.807, 2.05) is 0 Å². The van der Waals surface area contributed by atoms with Gasteiger partial charge in [-0.1, -0.05) is 12.1 Å². The molecule has 19 heavy (non-hydrogen) atoms. The van der Waals surface area contributed by atoms with E-state index in [2.05, 4.69) is 0 Å². The molecule has 1 N–H and O–H groups in total. The van der Waals surface area contributed by atoms with Crippen molar-refractivity contribution in [3.63, 3.8) is 0 Å². The number of amides is 2. The Morgan fingerprint density at radius 1 is 1.37 bits per heavy atom. The van der Waals surface area contributed by atoms with Gasteiger partial charge in [-0.05, 0) is 18.6 Å². The number of carbonyl (C=O) groups is 2. The van der Waals surface area contributed by atoms with Crippen LogP contribution < -0.4 is 4.90 Å². The Hall–Kier alpha value is -1.88. The van der Waals surface area contributed by atoms with Crippen LogP contribution in [-0.4, -0.2) is 48.1 Å². The van der Waals surface area contributed by atoms with Crippen LogP contribution in [0.15, 0.2) is 24.3 Å². The van der Waals surface area contributed by atoms with Gasteiger partial charge in [0.1, 0.15) is 0 Å². The molecule has 2 amide bonds. The quantitative estimate of drug-likeness (QED) is 0.860. The third-order valence-electron chi connectivity index (χ3n) is 3.42. The number of β-amino-alcohol motifs (C(OH)–C–C–N with tert-alkyl or cyclic N) is 1. The Labute approximate surface area is 112 Å². The van der Waals surface area contributed by atoms with Gasteiger partial charge in [0.25, 0.3) is 5.91 Å². The lowest BCUT2D eigenvalue weighted by atomic mass is 10.1. The van der Waals surface area contributed by atoms with Crippen LogP contribution in [0.1, 0.15) is 23.7 Å². The highest BCUT2D eigenvalue weighted by atomic mass is 16.3. The van der Waals surface area contributed by atoms with E-state index in [1.165, 1.54) is 11.8 Å². The van der Waals surface area contributed by atoms with Crippen molar-refractivity contribution in [2.45, 2.75) is 19.4 Å². The lowest BCUT2D eigenvalue weighted by Gasteiger charge is -2.22. The molecule has 1 aliphatic heterocycles. The normalized spacial score (nSPS) is 18.5. The molecule has 102 valence electrons. The monoisotopic (exact) mass is 262 g/mol. The first-order chi connectivity index (χ1) is 9.00. The smallest absolute Gasteiger partial charge is 0.256 e. The molecule has 5 nitrogen and oxygen atoms in total. The molecule has 1 atom stereocenters. The average molecular weight is 262 g/mol. The van der Waals surface area contributed by atoms with E-state index in [0.717, 1.165) is 0 Å². The molecule has 0 aromatic heterocycles. The predicted octanol–water partition coefficient (Wildman–Crippen LogP) is 0.876. The minimum Gasteiger partial charge on any atom is -0.391 e. The van der Waals surface area contributed by atoms with Gasteiger partial charge in [-0.3, -0.25) is 9.59 Å². The Kier molecular flexibility index (Phi) is 3.85. The first kappa shape index (κ1) is 13.5. The molecule has 0 bridgehead atoms. The molecule has 0 aliphatic carbocycles. The number of aliphatic hydroxyl groups is 1. The van der Waals surface area contributed by atoms with E-state index in [1.54, 1.807) is 36.2 Å². The van der Waals surface area contributed by atoms with E-state index in [4.69, 9.17) is 0 Å². The minimum absolute atomic E-state index is 0.123. The number of likely N-dealkylation sites (tertiary alicyclic amines) is 1. The molecule has 0 saturated carbocycles. The van der Waals surface area contributed by atoms with Crippen molar-refractivity contribution >= 4 is 17.5 Å². The van der Waals surface area contributed by atoms with Crippen molar-refractivity contribution in [2.75, 3.05) is 25.0 Å². The van der Waals surface area contributed by atoms with Gasteiger partial charge in [-0.25, -0.2) is 0 Å². The fourth-order valence-corrected chi connectivity index (χ4v) is 2.21. The zero-order valence-electron chi connectivity index (χ0n) is 11.2. The van der Waals surface area contributed by atoms with Crippen LogP contribution in [0.4, 0.5) is 5.69 Å². The average Bonchev–Trinajstić information content (AvgIpc) is 2.83. The Morgan fingerprint density at radius 2 is 2.05 bits per heavy atom. The number of hydrogen-bond donors (Lipinski definition) is 1. The Balaban J connectivity index is 2.29. The molecule has 1 aromatic carbocycles. The van der Waals surface area contributed by atoms with Gasteiger partial charge in [-0.2, -0.15) is 0 Å². The largest absolute Gasteiger partial charge is 0.391 e. The van der Waals surface area contributed by atoms with Crippen molar-refractivity contribution in [1.29, 1.82) is 0 Å². The summed E-state index contributed by atoms with van der Waals surface area (Å²) in [5.41, 5.74) is 1.09. The minimum atomic E-state index is -0.443. The molecule has 2 rings (SSSR count). The fourth-order valence-electron chi connectivity index (χ4n) is 2.21. The molecule has 1 heterocycles. The second-order valence-corrected chi connectivity index (χ2v) is 4.79. The van der Waals surface area contributed by atoms with Crippen LogP contribution in [0.5, 0.6) is 0 Å². The van der Waals surface area contributed by atoms with Crippen molar-refractivity contribution in [2.24, 2.45) is 0 Å². The van der Waals surface area contributed by atoms with Crippen molar-refractivity contribution < 1.29 is 14.7 Å². The third kappa shape index (κ3) is 2.76. The number of nitrogens with zero attached hydrogens (tertiary/aromatic N) is 2. The topological polar surface area (TPSA) is 60.9 Å². The first-order valence-electron chi connectivity index (χ1n) is 6.31. The van der Waals surface area contributed by atoms with Gasteiger partial charge in [0.2, 0.25) is 5.91 Å². The molecular weight excluding hydrogens is 244 g/mol. The van der Waals surface area contributed by atoms with Gasteiger partial charge in [0.15, 0.2) is 0 Å². The predicted molar refractivity (Wildman–Crippen MR) is 72.1 cm³/mol. The number of hydrogen-bond acceptors (Lipinski definition) is 3. The number of rotatable bonds is 2. The molecule has 0 spiro atoms. The summed E-state index contributed by atoms with van der Waals surface area (Å²) in [6.07, 6.45) is 0.165. The summed E-state index contributed by atoms with van der Waals surface area (Å²) in [6, 6.07) is 7.03. The zero-order chi connectivity index (χ0) is 14.0. The molecule has 1 saturated heterocycles. The lowest BCUT2D eigenvalue weighted by Crippen LogP contribution is -2.32. The van der Waals surface area contributed by atoms with Gasteiger partial charge < -0.3 is 14.9 Å². The van der Waals surface area contributed by atoms with Gasteiger partial charge in [0, 0.05) is 27.1 Å². The van der Waals surface area contributed by atoms with Crippen LogP contribution in [-0.2, 0) is 4.79 Å². The van der Waals surface area contributed by atoms with Crippen molar-refractivity contribution in [1.82, 2.24) is 4.90 Å². The highest BCUT2D eigenvalue weighted by molar-refractivity contribution is 6.04. The third-order valence-corrected chi connectivity index (χ3v) is 3.42. The van der Waals surface area contributed by atoms with Gasteiger partial charge >= 0.3 is 0 Å². The number of aliphatic hydroxyl groups excluding tert-OH is 1. The molecule has 1 aromatic rings. The zero-order valence-corrected chi connectivity index (χ0v) is 11.2. The maximum Gasteiger partial charge on any atom is 0.256 e. The van der Waals surface area contributed by atoms with Crippen LogP contribution >= 0.6 is 0 Å². The van der Waals surface area contributed by atoms with Crippen molar-refractivity contribution in [3.8, 4) is 0 Å². The summed E-state index contributed by atoms with van der Waals surface area (Å²) in [6.45, 7) is 2.37. The van der Waals surface area contributed by atoms with E-state index in [-0.39, 0.29) is 11.8 Å². The Bertz CT molecular complexity index is 501. The highest BCUT2D eigenvalue weighted by Gasteiger charge is 2.27. The second-order valence-electron chi connectivity index (χ2n) is 4.79. The summed E-state index contributed by atoms with van der Waals surface area (Å²) in [7, 11) is 1.65. The van der Waals surface area contributed by atoms with Crippen LogP contribution in [0.3, 0.4) is 0 Å². The molecule has 0 radical (unpaired) electrons. The second kappa shape index (κ2) is 5.40. The summed E-state index contributed by atoms with van der Waals surface area (Å²) >= 11 is 0. The van der Waals surface area contributed by atoms with Crippen LogP contribution in [0.25, 0.3) is 0 Å². The van der Waals surface area contributed by atoms with E-state index in [9.17, 15) is 14.7 Å². The molecule has 1 aliphatic rings. The number of anilines is 1. The number of carbonyl (C=O) groups excluding carboxylic acids is 2. The molecular formula is C14H18N2O3. The molecule has 0 unspecified atom stereocenters. The molecule has 1 fully saturated rings. The number of para-hydroxylation sites is 1. The van der Waals surface area contributed by atoms with Crippen LogP contribution in [0, 0.1) is 0 Å². The summed E-state index contributed by atoms with van der Waals surface area (Å²) in [4.78, 5) is 27.0. The van der Waals surface area contributed by atoms with Crippen LogP contribution in [0.2, 0.25) is 0 Å². The maximum absolute atomic E-state index is 12.4. The van der Waals surface area contributed by atoms with E-state index >= 15 is 0 Å². The van der Waals surface area contributed by atoms with E-state index in [0.29, 0.717) is 30.8 Å². The number of benzene rings is 1. The summed E-state index contributed by atoms with van der Waals surface area (Å²) < 4.78 is 0. The standard InChI is InChI=1S/C14H18N2O3/c1-10(17)15(2)13-6-4-3-5-12(13)14(19)16-8-7-11(18)9-16/h3-6,11,18H,7-9H2,1-2H3/t11-/m1/s1.